The number of aromatic nitrogens is 3. The summed E-state index contributed by atoms with van der Waals surface area (Å²) in [5.74, 6) is 1.04. The standard InChI is InChI=1S/C35H47N5O6S2/c1-6-25(5)40-33(26-10-9-11-27(21-26)48(43,44)39-16-18-45-19-17-39)37-38-35(40)47-22-32(41)36-30-13-8-7-12-29(30)34(42)46-31-20-24(4)14-15-28(31)23(2)3/h7-13,21,23-25,28,31H,6,14-20,22H2,1-5H3,(H,36,41)/t24-,25-,28+,31-/m0/s1. The first kappa shape index (κ1) is 36.0. The van der Waals surface area contributed by atoms with E-state index < -0.39 is 16.0 Å². The van der Waals surface area contributed by atoms with Gasteiger partial charge in [-0.3, -0.25) is 9.36 Å². The molecule has 1 N–H and O–H groups in total. The lowest BCUT2D eigenvalue weighted by atomic mass is 9.75. The number of esters is 1. The van der Waals surface area contributed by atoms with Crippen LogP contribution in [0.3, 0.4) is 0 Å². The number of carbonyl (C=O) groups excluding carboxylic acids is 2. The van der Waals surface area contributed by atoms with Gasteiger partial charge in [0.25, 0.3) is 0 Å². The van der Waals surface area contributed by atoms with Gasteiger partial charge in [0.15, 0.2) is 11.0 Å². The van der Waals surface area contributed by atoms with Crippen LogP contribution in [0.4, 0.5) is 5.69 Å². The number of hydrogen-bond acceptors (Lipinski definition) is 9. The minimum atomic E-state index is -3.70. The van der Waals surface area contributed by atoms with E-state index in [-0.39, 0.29) is 28.7 Å². The molecule has 11 nitrogen and oxygen atoms in total. The second-order valence-electron chi connectivity index (χ2n) is 13.1. The van der Waals surface area contributed by atoms with Crippen molar-refractivity contribution in [1.29, 1.82) is 0 Å². The molecule has 0 unspecified atom stereocenters. The normalized spacial score (nSPS) is 21.2. The van der Waals surface area contributed by atoms with E-state index in [4.69, 9.17) is 9.47 Å². The number of sulfonamides is 1. The van der Waals surface area contributed by atoms with Crippen LogP contribution in [0.5, 0.6) is 0 Å². The van der Waals surface area contributed by atoms with Crippen LogP contribution < -0.4 is 5.32 Å². The Morgan fingerprint density at radius 3 is 2.54 bits per heavy atom. The van der Waals surface area contributed by atoms with Crippen molar-refractivity contribution in [3.8, 4) is 11.4 Å². The van der Waals surface area contributed by atoms with Gasteiger partial charge in [-0.25, -0.2) is 13.2 Å². The summed E-state index contributed by atoms with van der Waals surface area (Å²) >= 11 is 1.23. The molecule has 1 saturated carbocycles. The fourth-order valence-corrected chi connectivity index (χ4v) is 8.71. The van der Waals surface area contributed by atoms with Crippen LogP contribution in [0, 0.1) is 17.8 Å². The Morgan fingerprint density at radius 1 is 1.06 bits per heavy atom. The molecule has 4 atom stereocenters. The first-order chi connectivity index (χ1) is 23.0. The molecule has 1 amide bonds. The van der Waals surface area contributed by atoms with Crippen molar-refractivity contribution in [1.82, 2.24) is 19.1 Å². The lowest BCUT2D eigenvalue weighted by molar-refractivity contribution is -0.113. The highest BCUT2D eigenvalue weighted by molar-refractivity contribution is 7.99. The van der Waals surface area contributed by atoms with E-state index >= 15 is 0 Å². The first-order valence-corrected chi connectivity index (χ1v) is 19.3. The lowest BCUT2D eigenvalue weighted by Crippen LogP contribution is -2.40. The molecule has 48 heavy (non-hydrogen) atoms. The maximum Gasteiger partial charge on any atom is 0.340 e. The fraction of sp³-hybridized carbons (Fsp3) is 0.543. The van der Waals surface area contributed by atoms with Crippen LogP contribution in [-0.4, -0.2) is 77.5 Å². The summed E-state index contributed by atoms with van der Waals surface area (Å²) in [5, 5.41) is 12.3. The number of ether oxygens (including phenoxy) is 2. The van der Waals surface area contributed by atoms with E-state index in [1.54, 1.807) is 42.5 Å². The number of thioether (sulfide) groups is 1. The summed E-state index contributed by atoms with van der Waals surface area (Å²) in [5.41, 5.74) is 1.35. The summed E-state index contributed by atoms with van der Waals surface area (Å²) in [6.07, 6.45) is 3.63. The molecular formula is C35H47N5O6S2. The molecule has 1 aliphatic carbocycles. The highest BCUT2D eigenvalue weighted by Crippen LogP contribution is 2.36. The predicted molar refractivity (Wildman–Crippen MR) is 186 cm³/mol. The smallest absolute Gasteiger partial charge is 0.340 e. The van der Waals surface area contributed by atoms with E-state index in [2.05, 4.69) is 36.3 Å². The Bertz CT molecular complexity index is 1690. The average Bonchev–Trinajstić information content (AvgIpc) is 3.51. The Morgan fingerprint density at radius 2 is 1.81 bits per heavy atom. The number of nitrogens with one attached hydrogen (secondary N) is 1. The maximum atomic E-state index is 13.4. The Labute approximate surface area is 288 Å². The van der Waals surface area contributed by atoms with E-state index in [9.17, 15) is 18.0 Å². The van der Waals surface area contributed by atoms with Gasteiger partial charge in [-0.2, -0.15) is 4.31 Å². The van der Waals surface area contributed by atoms with Crippen molar-refractivity contribution in [3.63, 3.8) is 0 Å². The van der Waals surface area contributed by atoms with Crippen molar-refractivity contribution in [2.75, 3.05) is 37.4 Å². The van der Waals surface area contributed by atoms with Crippen molar-refractivity contribution in [2.45, 2.75) is 82.5 Å². The Hall–Kier alpha value is -3.26. The van der Waals surface area contributed by atoms with Gasteiger partial charge in [-0.05, 0) is 68.2 Å². The number of morpholine rings is 1. The molecule has 1 aromatic heterocycles. The van der Waals surface area contributed by atoms with Crippen molar-refractivity contribution in [2.24, 2.45) is 17.8 Å². The van der Waals surface area contributed by atoms with Gasteiger partial charge in [0.1, 0.15) is 6.10 Å². The number of amides is 1. The van der Waals surface area contributed by atoms with Crippen LogP contribution in [0.2, 0.25) is 0 Å². The zero-order chi connectivity index (χ0) is 34.4. The molecule has 0 bridgehead atoms. The Kier molecular flexibility index (Phi) is 12.0. The van der Waals surface area contributed by atoms with Gasteiger partial charge >= 0.3 is 5.97 Å². The summed E-state index contributed by atoms with van der Waals surface area (Å²) in [6, 6.07) is 13.6. The molecule has 2 fully saturated rings. The third-order valence-corrected chi connectivity index (χ3v) is 12.2. The van der Waals surface area contributed by atoms with Gasteiger partial charge in [0.2, 0.25) is 15.9 Å². The highest BCUT2D eigenvalue weighted by Gasteiger charge is 2.34. The largest absolute Gasteiger partial charge is 0.458 e. The van der Waals surface area contributed by atoms with Crippen molar-refractivity contribution < 1.29 is 27.5 Å². The summed E-state index contributed by atoms with van der Waals surface area (Å²) in [4.78, 5) is 26.8. The van der Waals surface area contributed by atoms with Crippen LogP contribution in [0.25, 0.3) is 11.4 Å². The Balaban J connectivity index is 1.29. The van der Waals surface area contributed by atoms with Gasteiger partial charge in [-0.15, -0.1) is 10.2 Å². The minimum Gasteiger partial charge on any atom is -0.458 e. The maximum absolute atomic E-state index is 13.4. The van der Waals surface area contributed by atoms with Crippen LogP contribution in [-0.2, 0) is 24.3 Å². The molecule has 0 radical (unpaired) electrons. The molecular weight excluding hydrogens is 651 g/mol. The van der Waals surface area contributed by atoms with Crippen molar-refractivity contribution >= 4 is 39.3 Å². The third kappa shape index (κ3) is 8.30. The molecule has 2 heterocycles. The topological polar surface area (TPSA) is 133 Å². The molecule has 260 valence electrons. The van der Waals surface area contributed by atoms with Crippen molar-refractivity contribution in [3.05, 3.63) is 54.1 Å². The summed E-state index contributed by atoms with van der Waals surface area (Å²) in [6.45, 7) is 12.0. The van der Waals surface area contributed by atoms with Crippen LogP contribution in [0.15, 0.2) is 58.6 Å². The molecule has 1 saturated heterocycles. The molecule has 2 aromatic carbocycles. The lowest BCUT2D eigenvalue weighted by Gasteiger charge is -2.36. The van der Waals surface area contributed by atoms with Gasteiger partial charge in [0, 0.05) is 24.7 Å². The number of anilines is 1. The quantitative estimate of drug-likeness (QED) is 0.171. The number of benzene rings is 2. The predicted octanol–water partition coefficient (Wildman–Crippen LogP) is 6.29. The second kappa shape index (κ2) is 16.0. The number of hydrogen-bond donors (Lipinski definition) is 1. The summed E-state index contributed by atoms with van der Waals surface area (Å²) in [7, 11) is -3.70. The van der Waals surface area contributed by atoms with E-state index in [0.29, 0.717) is 71.9 Å². The molecule has 1 aliphatic heterocycles. The zero-order valence-corrected chi connectivity index (χ0v) is 30.1. The fourth-order valence-electron chi connectivity index (χ4n) is 6.42. The SMILES string of the molecule is CC[C@H](C)n1c(SCC(=O)Nc2ccccc2C(=O)O[C@H]2C[C@@H](C)CC[C@@H]2C(C)C)nnc1-c1cccc(S(=O)(=O)N2CCOCC2)c1. The second-order valence-corrected chi connectivity index (χ2v) is 16.0. The third-order valence-electron chi connectivity index (χ3n) is 9.37. The van der Waals surface area contributed by atoms with Gasteiger partial charge < -0.3 is 14.8 Å². The number of carbonyl (C=O) groups is 2. The van der Waals surface area contributed by atoms with E-state index in [1.807, 2.05) is 24.5 Å². The molecule has 3 aromatic rings. The molecule has 13 heteroatoms. The minimum absolute atomic E-state index is 0.0206. The monoisotopic (exact) mass is 697 g/mol. The van der Waals surface area contributed by atoms with Gasteiger partial charge in [-0.1, -0.05) is 70.1 Å². The van der Waals surface area contributed by atoms with E-state index in [0.717, 1.165) is 25.7 Å². The number of rotatable bonds is 12. The van der Waals surface area contributed by atoms with Crippen LogP contribution in [0.1, 0.15) is 76.7 Å². The number of nitrogens with zero attached hydrogens (tertiary/aromatic N) is 4. The molecule has 0 spiro atoms. The van der Waals surface area contributed by atoms with Crippen LogP contribution >= 0.6 is 11.8 Å². The van der Waals surface area contributed by atoms with Gasteiger partial charge in [0.05, 0.1) is 35.1 Å². The summed E-state index contributed by atoms with van der Waals surface area (Å²) < 4.78 is 41.5. The van der Waals surface area contributed by atoms with E-state index in [1.165, 1.54) is 16.1 Å². The molecule has 5 rings (SSSR count). The average molecular weight is 698 g/mol. The highest BCUT2D eigenvalue weighted by atomic mass is 32.2. The first-order valence-electron chi connectivity index (χ1n) is 16.9. The zero-order valence-electron chi connectivity index (χ0n) is 28.4. The molecule has 2 aliphatic rings. The number of para-hydroxylation sites is 1.